The van der Waals surface area contributed by atoms with Crippen molar-refractivity contribution < 1.29 is 9.53 Å². The van der Waals surface area contributed by atoms with Crippen LogP contribution in [0, 0.1) is 0 Å². The fraction of sp³-hybridized carbons (Fsp3) is 0.556. The third-order valence-electron chi connectivity index (χ3n) is 2.22. The number of nitrogens with zero attached hydrogens (tertiary/aromatic N) is 1. The van der Waals surface area contributed by atoms with Crippen molar-refractivity contribution in [3.8, 4) is 0 Å². The van der Waals surface area contributed by atoms with E-state index in [2.05, 4.69) is 4.98 Å². The van der Waals surface area contributed by atoms with E-state index in [1.807, 2.05) is 0 Å². The van der Waals surface area contributed by atoms with Crippen LogP contribution >= 0.6 is 11.3 Å². The van der Waals surface area contributed by atoms with Crippen LogP contribution in [0.15, 0.2) is 10.9 Å². The predicted octanol–water partition coefficient (Wildman–Crippen LogP) is 2.24. The molecule has 3 nitrogen and oxygen atoms in total. The van der Waals surface area contributed by atoms with Gasteiger partial charge in [-0.3, -0.25) is 0 Å². The van der Waals surface area contributed by atoms with Crippen LogP contribution in [0.5, 0.6) is 0 Å². The Hall–Kier alpha value is -0.900. The van der Waals surface area contributed by atoms with E-state index in [1.54, 1.807) is 10.9 Å². The lowest BCUT2D eigenvalue weighted by Crippen LogP contribution is -2.14. The maximum Gasteiger partial charge on any atom is 0.358 e. The predicted molar refractivity (Wildman–Crippen MR) is 49.8 cm³/mol. The SMILES string of the molecule is O=C(OC1CCCC1)c1cscn1. The van der Waals surface area contributed by atoms with Gasteiger partial charge in [-0.05, 0) is 25.7 Å². The second-order valence-electron chi connectivity index (χ2n) is 3.19. The molecule has 70 valence electrons. The lowest BCUT2D eigenvalue weighted by Gasteiger charge is -2.09. The van der Waals surface area contributed by atoms with Gasteiger partial charge in [0, 0.05) is 5.38 Å². The number of carbonyl (C=O) groups is 1. The van der Waals surface area contributed by atoms with E-state index in [-0.39, 0.29) is 12.1 Å². The zero-order valence-corrected chi connectivity index (χ0v) is 8.05. The van der Waals surface area contributed by atoms with Crippen LogP contribution < -0.4 is 0 Å². The molecule has 1 heterocycles. The van der Waals surface area contributed by atoms with Crippen molar-refractivity contribution in [2.24, 2.45) is 0 Å². The minimum absolute atomic E-state index is 0.134. The molecule has 0 radical (unpaired) electrons. The van der Waals surface area contributed by atoms with Gasteiger partial charge in [0.05, 0.1) is 5.51 Å². The van der Waals surface area contributed by atoms with E-state index >= 15 is 0 Å². The van der Waals surface area contributed by atoms with Gasteiger partial charge in [-0.15, -0.1) is 11.3 Å². The number of esters is 1. The lowest BCUT2D eigenvalue weighted by molar-refractivity contribution is 0.0312. The molecule has 1 aromatic heterocycles. The highest BCUT2D eigenvalue weighted by molar-refractivity contribution is 7.07. The van der Waals surface area contributed by atoms with E-state index in [0.717, 1.165) is 12.8 Å². The van der Waals surface area contributed by atoms with Crippen LogP contribution in [0.4, 0.5) is 0 Å². The monoisotopic (exact) mass is 197 g/mol. The molecule has 1 saturated carbocycles. The molecule has 1 aliphatic carbocycles. The third kappa shape index (κ3) is 2.06. The fourth-order valence-corrected chi connectivity index (χ4v) is 2.05. The molecule has 1 fully saturated rings. The van der Waals surface area contributed by atoms with Crippen LogP contribution in [0.25, 0.3) is 0 Å². The van der Waals surface area contributed by atoms with Crippen molar-refractivity contribution in [3.05, 3.63) is 16.6 Å². The molecule has 0 amide bonds. The maximum atomic E-state index is 11.4. The Balaban J connectivity index is 1.91. The summed E-state index contributed by atoms with van der Waals surface area (Å²) in [6.07, 6.45) is 4.50. The summed E-state index contributed by atoms with van der Waals surface area (Å²) >= 11 is 1.41. The molecule has 2 rings (SSSR count). The van der Waals surface area contributed by atoms with Crippen molar-refractivity contribution in [2.45, 2.75) is 31.8 Å². The molecular weight excluding hydrogens is 186 g/mol. The van der Waals surface area contributed by atoms with Gasteiger partial charge in [0.25, 0.3) is 0 Å². The minimum atomic E-state index is -0.270. The molecule has 13 heavy (non-hydrogen) atoms. The molecule has 0 N–H and O–H groups in total. The molecular formula is C9H11NO2S. The third-order valence-corrected chi connectivity index (χ3v) is 2.80. The second-order valence-corrected chi connectivity index (χ2v) is 3.90. The summed E-state index contributed by atoms with van der Waals surface area (Å²) in [4.78, 5) is 15.3. The Morgan fingerprint density at radius 3 is 2.92 bits per heavy atom. The summed E-state index contributed by atoms with van der Waals surface area (Å²) < 4.78 is 5.26. The van der Waals surface area contributed by atoms with Crippen LogP contribution in [0.2, 0.25) is 0 Å². The smallest absolute Gasteiger partial charge is 0.358 e. The molecule has 0 bridgehead atoms. The molecule has 0 unspecified atom stereocenters. The Labute approximate surface area is 80.8 Å². The van der Waals surface area contributed by atoms with E-state index < -0.39 is 0 Å². The van der Waals surface area contributed by atoms with Crippen molar-refractivity contribution in [1.82, 2.24) is 4.98 Å². The zero-order valence-electron chi connectivity index (χ0n) is 7.23. The largest absolute Gasteiger partial charge is 0.458 e. The number of ether oxygens (including phenoxy) is 1. The number of carbonyl (C=O) groups excluding carboxylic acids is 1. The minimum Gasteiger partial charge on any atom is -0.458 e. The van der Waals surface area contributed by atoms with Crippen molar-refractivity contribution in [3.63, 3.8) is 0 Å². The fourth-order valence-electron chi connectivity index (χ4n) is 1.53. The zero-order chi connectivity index (χ0) is 9.10. The standard InChI is InChI=1S/C9H11NO2S/c11-9(8-5-13-6-10-8)12-7-3-1-2-4-7/h5-7H,1-4H2. The van der Waals surface area contributed by atoms with E-state index in [4.69, 9.17) is 4.74 Å². The molecule has 0 spiro atoms. The number of aromatic nitrogens is 1. The van der Waals surface area contributed by atoms with E-state index in [9.17, 15) is 4.79 Å². The molecule has 0 saturated heterocycles. The van der Waals surface area contributed by atoms with Gasteiger partial charge >= 0.3 is 5.97 Å². The van der Waals surface area contributed by atoms with Gasteiger partial charge in [-0.25, -0.2) is 9.78 Å². The first-order chi connectivity index (χ1) is 6.36. The van der Waals surface area contributed by atoms with Gasteiger partial charge in [0.15, 0.2) is 5.69 Å². The van der Waals surface area contributed by atoms with Gasteiger partial charge in [-0.1, -0.05) is 0 Å². The van der Waals surface area contributed by atoms with Crippen molar-refractivity contribution in [1.29, 1.82) is 0 Å². The molecule has 4 heteroatoms. The van der Waals surface area contributed by atoms with Gasteiger partial charge in [-0.2, -0.15) is 0 Å². The van der Waals surface area contributed by atoms with Gasteiger partial charge in [0.2, 0.25) is 0 Å². The molecule has 1 aliphatic rings. The Morgan fingerprint density at radius 1 is 1.54 bits per heavy atom. The van der Waals surface area contributed by atoms with Gasteiger partial charge in [0.1, 0.15) is 6.10 Å². The first-order valence-corrected chi connectivity index (χ1v) is 5.40. The van der Waals surface area contributed by atoms with Crippen LogP contribution in [-0.4, -0.2) is 17.1 Å². The summed E-state index contributed by atoms with van der Waals surface area (Å²) in [5.74, 6) is -0.270. The Kier molecular flexibility index (Phi) is 2.59. The molecule has 1 aromatic rings. The maximum absolute atomic E-state index is 11.4. The quantitative estimate of drug-likeness (QED) is 0.682. The number of thiazole rings is 1. The normalized spacial score (nSPS) is 17.5. The van der Waals surface area contributed by atoms with Crippen molar-refractivity contribution in [2.75, 3.05) is 0 Å². The van der Waals surface area contributed by atoms with Gasteiger partial charge < -0.3 is 4.74 Å². The second kappa shape index (κ2) is 3.87. The molecule has 0 atom stereocenters. The number of rotatable bonds is 2. The van der Waals surface area contributed by atoms with Crippen molar-refractivity contribution >= 4 is 17.3 Å². The van der Waals surface area contributed by atoms with Crippen LogP contribution in [0.1, 0.15) is 36.2 Å². The first kappa shape index (κ1) is 8.69. The highest BCUT2D eigenvalue weighted by Gasteiger charge is 2.20. The highest BCUT2D eigenvalue weighted by atomic mass is 32.1. The molecule has 0 aliphatic heterocycles. The summed E-state index contributed by atoms with van der Waals surface area (Å²) in [5.41, 5.74) is 2.09. The topological polar surface area (TPSA) is 39.2 Å². The summed E-state index contributed by atoms with van der Waals surface area (Å²) in [5, 5.41) is 1.72. The summed E-state index contributed by atoms with van der Waals surface area (Å²) in [7, 11) is 0. The average molecular weight is 197 g/mol. The number of hydrogen-bond acceptors (Lipinski definition) is 4. The van der Waals surface area contributed by atoms with E-state index in [0.29, 0.717) is 5.69 Å². The van der Waals surface area contributed by atoms with Crippen LogP contribution in [-0.2, 0) is 4.74 Å². The Morgan fingerprint density at radius 2 is 2.31 bits per heavy atom. The summed E-state index contributed by atoms with van der Waals surface area (Å²) in [6, 6.07) is 0. The average Bonchev–Trinajstić information content (AvgIpc) is 2.74. The summed E-state index contributed by atoms with van der Waals surface area (Å²) in [6.45, 7) is 0. The Bertz CT molecular complexity index is 278. The first-order valence-electron chi connectivity index (χ1n) is 4.45. The van der Waals surface area contributed by atoms with Crippen LogP contribution in [0.3, 0.4) is 0 Å². The molecule has 0 aromatic carbocycles. The highest BCUT2D eigenvalue weighted by Crippen LogP contribution is 2.21. The lowest BCUT2D eigenvalue weighted by atomic mass is 10.3. The van der Waals surface area contributed by atoms with E-state index in [1.165, 1.54) is 24.2 Å². The number of hydrogen-bond donors (Lipinski definition) is 0.